The Hall–Kier alpha value is -2.07. The summed E-state index contributed by atoms with van der Waals surface area (Å²) in [5.41, 5.74) is 1.36. The summed E-state index contributed by atoms with van der Waals surface area (Å²) >= 11 is 5.99. The Morgan fingerprint density at radius 3 is 2.55 bits per heavy atom. The van der Waals surface area contributed by atoms with Gasteiger partial charge >= 0.3 is 0 Å². The molecule has 1 aromatic carbocycles. The molecule has 5 heteroatoms. The normalized spacial score (nSPS) is 11.9. The number of phenolic OH excluding ortho intramolecular Hbond substituents is 1. The fraction of sp³-hybridized carbons (Fsp3) is 0.200. The molecule has 0 aliphatic carbocycles. The number of benzene rings is 1. The molecule has 0 fully saturated rings. The van der Waals surface area contributed by atoms with Crippen LogP contribution in [0.3, 0.4) is 0 Å². The van der Waals surface area contributed by atoms with Crippen LogP contribution in [0.25, 0.3) is 0 Å². The third-order valence-electron chi connectivity index (χ3n) is 3.28. The molecule has 2 rings (SSSR count). The molecule has 0 aliphatic heterocycles. The second kappa shape index (κ2) is 5.92. The fourth-order valence-corrected chi connectivity index (χ4v) is 2.09. The number of aromatic nitrogens is 1. The second-order valence-electron chi connectivity index (χ2n) is 4.54. The van der Waals surface area contributed by atoms with Gasteiger partial charge in [0.05, 0.1) is 16.6 Å². The highest BCUT2D eigenvalue weighted by Crippen LogP contribution is 2.24. The van der Waals surface area contributed by atoms with Gasteiger partial charge in [-0.2, -0.15) is 0 Å². The minimum absolute atomic E-state index is 0.132. The van der Waals surface area contributed by atoms with Crippen molar-refractivity contribution < 1.29 is 9.90 Å². The van der Waals surface area contributed by atoms with Gasteiger partial charge < -0.3 is 10.0 Å². The molecule has 0 spiro atoms. The number of pyridine rings is 1. The summed E-state index contributed by atoms with van der Waals surface area (Å²) < 4.78 is 0. The summed E-state index contributed by atoms with van der Waals surface area (Å²) in [4.78, 5) is 17.9. The molecule has 1 unspecified atom stereocenters. The third-order valence-corrected chi connectivity index (χ3v) is 3.58. The van der Waals surface area contributed by atoms with Gasteiger partial charge in [-0.15, -0.1) is 0 Å². The first kappa shape index (κ1) is 14.3. The van der Waals surface area contributed by atoms with Crippen LogP contribution in [0, 0.1) is 0 Å². The van der Waals surface area contributed by atoms with Crippen LogP contribution in [0.1, 0.15) is 28.9 Å². The molecule has 1 aromatic heterocycles. The zero-order valence-corrected chi connectivity index (χ0v) is 12.0. The van der Waals surface area contributed by atoms with Crippen LogP contribution in [0.15, 0.2) is 42.7 Å². The largest absolute Gasteiger partial charge is 0.508 e. The molecule has 2 aromatic rings. The second-order valence-corrected chi connectivity index (χ2v) is 4.95. The highest BCUT2D eigenvalue weighted by Gasteiger charge is 2.20. The van der Waals surface area contributed by atoms with Gasteiger partial charge in [0.1, 0.15) is 5.75 Å². The summed E-state index contributed by atoms with van der Waals surface area (Å²) in [5.74, 6) is 0.0325. The lowest BCUT2D eigenvalue weighted by Gasteiger charge is -2.25. The van der Waals surface area contributed by atoms with E-state index in [0.29, 0.717) is 10.6 Å². The lowest BCUT2D eigenvalue weighted by atomic mass is 10.1. The predicted octanol–water partition coefficient (Wildman–Crippen LogP) is 3.27. The maximum atomic E-state index is 12.4. The monoisotopic (exact) mass is 290 g/mol. The number of hydrogen-bond donors (Lipinski definition) is 1. The lowest BCUT2D eigenvalue weighted by molar-refractivity contribution is 0.0742. The van der Waals surface area contributed by atoms with Gasteiger partial charge in [0.2, 0.25) is 0 Å². The van der Waals surface area contributed by atoms with Crippen molar-refractivity contribution in [2.45, 2.75) is 13.0 Å². The average Bonchev–Trinajstić information content (AvgIpc) is 2.46. The number of hydrogen-bond acceptors (Lipinski definition) is 3. The average molecular weight is 291 g/mol. The Bertz CT molecular complexity index is 614. The molecule has 0 saturated carbocycles. The van der Waals surface area contributed by atoms with E-state index in [1.54, 1.807) is 42.3 Å². The van der Waals surface area contributed by atoms with Crippen LogP contribution in [-0.2, 0) is 0 Å². The van der Waals surface area contributed by atoms with E-state index in [1.165, 1.54) is 12.4 Å². The van der Waals surface area contributed by atoms with Gasteiger partial charge in [-0.3, -0.25) is 9.78 Å². The first-order valence-corrected chi connectivity index (χ1v) is 6.54. The third kappa shape index (κ3) is 2.91. The van der Waals surface area contributed by atoms with Crippen LogP contribution in [0.5, 0.6) is 5.75 Å². The Balaban J connectivity index is 2.22. The topological polar surface area (TPSA) is 53.4 Å². The number of rotatable bonds is 3. The first-order chi connectivity index (χ1) is 9.50. The molecule has 20 heavy (non-hydrogen) atoms. The van der Waals surface area contributed by atoms with Crippen LogP contribution in [0.2, 0.25) is 5.02 Å². The van der Waals surface area contributed by atoms with E-state index in [0.717, 1.165) is 5.56 Å². The number of carbonyl (C=O) groups is 1. The number of nitrogens with zero attached hydrogens (tertiary/aromatic N) is 2. The first-order valence-electron chi connectivity index (χ1n) is 6.16. The minimum atomic E-state index is -0.169. The van der Waals surface area contributed by atoms with Gasteiger partial charge in [-0.05, 0) is 30.7 Å². The van der Waals surface area contributed by atoms with Gasteiger partial charge in [0.15, 0.2) is 0 Å². The molecular weight excluding hydrogens is 276 g/mol. The van der Waals surface area contributed by atoms with E-state index in [4.69, 9.17) is 11.6 Å². The van der Waals surface area contributed by atoms with Gasteiger partial charge in [0, 0.05) is 19.4 Å². The van der Waals surface area contributed by atoms with E-state index < -0.39 is 0 Å². The lowest BCUT2D eigenvalue weighted by Crippen LogP contribution is -2.29. The Labute approximate surface area is 122 Å². The van der Waals surface area contributed by atoms with E-state index in [-0.39, 0.29) is 17.7 Å². The van der Waals surface area contributed by atoms with Gasteiger partial charge in [-0.1, -0.05) is 23.7 Å². The summed E-state index contributed by atoms with van der Waals surface area (Å²) in [6.07, 6.45) is 2.99. The zero-order valence-electron chi connectivity index (χ0n) is 11.2. The Kier molecular flexibility index (Phi) is 4.25. The number of carbonyl (C=O) groups excluding carboxylic acids is 1. The molecule has 1 heterocycles. The minimum Gasteiger partial charge on any atom is -0.508 e. The van der Waals surface area contributed by atoms with E-state index >= 15 is 0 Å². The van der Waals surface area contributed by atoms with Crippen molar-refractivity contribution in [3.8, 4) is 5.75 Å². The van der Waals surface area contributed by atoms with Crippen molar-refractivity contribution in [2.75, 3.05) is 7.05 Å². The van der Waals surface area contributed by atoms with E-state index in [9.17, 15) is 9.90 Å². The van der Waals surface area contributed by atoms with Crippen LogP contribution < -0.4 is 0 Å². The number of aromatic hydroxyl groups is 1. The predicted molar refractivity (Wildman–Crippen MR) is 77.9 cm³/mol. The fourth-order valence-electron chi connectivity index (χ4n) is 1.89. The summed E-state index contributed by atoms with van der Waals surface area (Å²) in [7, 11) is 1.72. The molecule has 4 nitrogen and oxygen atoms in total. The van der Waals surface area contributed by atoms with E-state index in [1.807, 2.05) is 6.92 Å². The van der Waals surface area contributed by atoms with Crippen molar-refractivity contribution in [2.24, 2.45) is 0 Å². The maximum absolute atomic E-state index is 12.4. The van der Waals surface area contributed by atoms with Crippen LogP contribution in [0.4, 0.5) is 0 Å². The highest BCUT2D eigenvalue weighted by molar-refractivity contribution is 6.33. The molecular formula is C15H15ClN2O2. The summed E-state index contributed by atoms with van der Waals surface area (Å²) in [6.45, 7) is 1.92. The Morgan fingerprint density at radius 2 is 1.95 bits per heavy atom. The highest BCUT2D eigenvalue weighted by atomic mass is 35.5. The summed E-state index contributed by atoms with van der Waals surface area (Å²) in [6, 6.07) is 8.25. The molecule has 0 saturated heterocycles. The Morgan fingerprint density at radius 1 is 1.30 bits per heavy atom. The van der Waals surface area contributed by atoms with Gasteiger partial charge in [0.25, 0.3) is 5.91 Å². The van der Waals surface area contributed by atoms with Crippen molar-refractivity contribution in [1.82, 2.24) is 9.88 Å². The van der Waals surface area contributed by atoms with E-state index in [2.05, 4.69) is 4.98 Å². The zero-order chi connectivity index (χ0) is 14.7. The van der Waals surface area contributed by atoms with Crippen molar-refractivity contribution in [1.29, 1.82) is 0 Å². The molecule has 0 bridgehead atoms. The number of halogens is 1. The maximum Gasteiger partial charge on any atom is 0.255 e. The molecule has 1 N–H and O–H groups in total. The molecule has 0 aliphatic rings. The van der Waals surface area contributed by atoms with Crippen molar-refractivity contribution in [3.05, 3.63) is 58.9 Å². The SMILES string of the molecule is CC(c1ccc(O)cc1)N(C)C(=O)c1ccncc1Cl. The molecule has 1 amide bonds. The summed E-state index contributed by atoms with van der Waals surface area (Å²) in [5, 5.41) is 9.63. The van der Waals surface area contributed by atoms with Crippen LogP contribution >= 0.6 is 11.6 Å². The number of amides is 1. The smallest absolute Gasteiger partial charge is 0.255 e. The molecule has 0 radical (unpaired) electrons. The van der Waals surface area contributed by atoms with Crippen LogP contribution in [-0.4, -0.2) is 27.9 Å². The number of phenols is 1. The standard InChI is InChI=1S/C15H15ClN2O2/c1-10(11-3-5-12(19)6-4-11)18(2)15(20)13-7-8-17-9-14(13)16/h3-10,19H,1-2H3. The van der Waals surface area contributed by atoms with Gasteiger partial charge in [-0.25, -0.2) is 0 Å². The van der Waals surface area contributed by atoms with Crippen molar-refractivity contribution in [3.63, 3.8) is 0 Å². The molecule has 1 atom stereocenters. The van der Waals surface area contributed by atoms with Crippen molar-refractivity contribution >= 4 is 17.5 Å². The quantitative estimate of drug-likeness (QED) is 0.944. The molecule has 104 valence electrons.